The van der Waals surface area contributed by atoms with Crippen LogP contribution in [-0.4, -0.2) is 29.0 Å². The first kappa shape index (κ1) is 15.5. The lowest BCUT2D eigenvalue weighted by molar-refractivity contribution is 0.0595. The number of H-pyrrole nitrogens is 1. The molecule has 24 heavy (non-hydrogen) atoms. The number of rotatable bonds is 3. The fourth-order valence-corrected chi connectivity index (χ4v) is 2.39. The molecule has 0 fully saturated rings. The summed E-state index contributed by atoms with van der Waals surface area (Å²) in [5.41, 5.74) is 8.94. The largest absolute Gasteiger partial charge is 0.464 e. The summed E-state index contributed by atoms with van der Waals surface area (Å²) in [7, 11) is 1.31. The summed E-state index contributed by atoms with van der Waals surface area (Å²) in [5, 5.41) is 3.48. The number of nitrogens with two attached hydrogens (primary N) is 1. The Kier molecular flexibility index (Phi) is 3.91. The highest BCUT2D eigenvalue weighted by Crippen LogP contribution is 2.20. The minimum atomic E-state index is -0.478. The number of aryl methyl sites for hydroxylation is 1. The van der Waals surface area contributed by atoms with Gasteiger partial charge in [-0.25, -0.2) is 9.78 Å². The van der Waals surface area contributed by atoms with Gasteiger partial charge in [0, 0.05) is 16.6 Å². The number of anilines is 2. The fourth-order valence-electron chi connectivity index (χ4n) is 2.39. The van der Waals surface area contributed by atoms with Crippen LogP contribution in [0.5, 0.6) is 0 Å². The van der Waals surface area contributed by atoms with Gasteiger partial charge >= 0.3 is 5.97 Å². The summed E-state index contributed by atoms with van der Waals surface area (Å²) in [5.74, 6) is -0.751. The quantitative estimate of drug-likeness (QED) is 0.506. The van der Waals surface area contributed by atoms with Gasteiger partial charge in [0.15, 0.2) is 0 Å². The van der Waals surface area contributed by atoms with Crippen LogP contribution in [0.2, 0.25) is 0 Å². The Morgan fingerprint density at radius 3 is 2.79 bits per heavy atom. The second kappa shape index (κ2) is 6.04. The van der Waals surface area contributed by atoms with Crippen molar-refractivity contribution in [2.45, 2.75) is 6.92 Å². The number of carbonyl (C=O) groups is 2. The van der Waals surface area contributed by atoms with Gasteiger partial charge < -0.3 is 20.8 Å². The van der Waals surface area contributed by atoms with Gasteiger partial charge in [0.05, 0.1) is 19.0 Å². The number of carbonyl (C=O) groups excluding carboxylic acids is 2. The molecule has 0 spiro atoms. The highest BCUT2D eigenvalue weighted by Gasteiger charge is 2.13. The molecule has 0 unspecified atom stereocenters. The van der Waals surface area contributed by atoms with E-state index >= 15 is 0 Å². The first-order valence-electron chi connectivity index (χ1n) is 7.22. The molecule has 122 valence electrons. The van der Waals surface area contributed by atoms with Crippen LogP contribution in [0.1, 0.15) is 26.4 Å². The molecule has 3 aromatic rings. The van der Waals surface area contributed by atoms with Crippen molar-refractivity contribution in [3.8, 4) is 0 Å². The van der Waals surface area contributed by atoms with Crippen LogP contribution in [0.25, 0.3) is 11.0 Å². The smallest absolute Gasteiger partial charge is 0.354 e. The van der Waals surface area contributed by atoms with Gasteiger partial charge in [-0.1, -0.05) is 6.07 Å². The average molecular weight is 324 g/mol. The van der Waals surface area contributed by atoms with E-state index in [1.165, 1.54) is 13.3 Å². The predicted octanol–water partition coefficient (Wildman–Crippen LogP) is 2.49. The van der Waals surface area contributed by atoms with E-state index in [0.29, 0.717) is 33.7 Å². The standard InChI is InChI=1S/C17H16N4O3/c1-9-3-4-11(18)7-13(9)16(22)20-12-5-10-6-14(17(23)24-2)21-15(10)19-8-12/h3-8H,18H2,1-2H3,(H,19,21)(H,20,22). The zero-order valence-electron chi connectivity index (χ0n) is 13.2. The monoisotopic (exact) mass is 324 g/mol. The number of nitrogens with one attached hydrogen (secondary N) is 2. The molecule has 0 aliphatic carbocycles. The third kappa shape index (κ3) is 2.91. The number of benzene rings is 1. The number of nitrogens with zero attached hydrogens (tertiary/aromatic N) is 1. The first-order valence-corrected chi connectivity index (χ1v) is 7.22. The molecule has 0 atom stereocenters. The maximum Gasteiger partial charge on any atom is 0.354 e. The van der Waals surface area contributed by atoms with Gasteiger partial charge in [-0.15, -0.1) is 0 Å². The zero-order chi connectivity index (χ0) is 17.3. The normalized spacial score (nSPS) is 10.6. The number of esters is 1. The van der Waals surface area contributed by atoms with E-state index in [1.807, 2.05) is 6.92 Å². The van der Waals surface area contributed by atoms with Gasteiger partial charge in [0.25, 0.3) is 5.91 Å². The predicted molar refractivity (Wildman–Crippen MR) is 91.0 cm³/mol. The summed E-state index contributed by atoms with van der Waals surface area (Å²) in [6.07, 6.45) is 1.51. The molecule has 7 nitrogen and oxygen atoms in total. The maximum absolute atomic E-state index is 12.4. The van der Waals surface area contributed by atoms with E-state index in [-0.39, 0.29) is 5.91 Å². The van der Waals surface area contributed by atoms with Crippen molar-refractivity contribution in [1.29, 1.82) is 0 Å². The summed E-state index contributed by atoms with van der Waals surface area (Å²) < 4.78 is 4.66. The second-order valence-corrected chi connectivity index (χ2v) is 5.36. The Morgan fingerprint density at radius 2 is 2.04 bits per heavy atom. The molecule has 2 heterocycles. The molecule has 0 saturated carbocycles. The molecule has 2 aromatic heterocycles. The molecule has 4 N–H and O–H groups in total. The third-order valence-corrected chi connectivity index (χ3v) is 3.64. The summed E-state index contributed by atoms with van der Waals surface area (Å²) in [6, 6.07) is 8.51. The van der Waals surface area contributed by atoms with Gasteiger partial charge in [-0.2, -0.15) is 0 Å². The molecule has 0 saturated heterocycles. The number of ether oxygens (including phenoxy) is 1. The molecule has 0 aliphatic rings. The second-order valence-electron chi connectivity index (χ2n) is 5.36. The molecular weight excluding hydrogens is 308 g/mol. The molecule has 0 radical (unpaired) electrons. The zero-order valence-corrected chi connectivity index (χ0v) is 13.2. The highest BCUT2D eigenvalue weighted by atomic mass is 16.5. The fraction of sp³-hybridized carbons (Fsp3) is 0.118. The number of methoxy groups -OCH3 is 1. The van der Waals surface area contributed by atoms with Crippen molar-refractivity contribution < 1.29 is 14.3 Å². The minimum absolute atomic E-state index is 0.273. The topological polar surface area (TPSA) is 110 Å². The maximum atomic E-state index is 12.4. The number of hydrogen-bond acceptors (Lipinski definition) is 5. The molecule has 0 bridgehead atoms. The van der Waals surface area contributed by atoms with E-state index in [0.717, 1.165) is 5.56 Å². The van der Waals surface area contributed by atoms with Crippen molar-refractivity contribution >= 4 is 34.3 Å². The summed E-state index contributed by atoms with van der Waals surface area (Å²) >= 11 is 0. The lowest BCUT2D eigenvalue weighted by atomic mass is 10.1. The van der Waals surface area contributed by atoms with Crippen LogP contribution in [0.3, 0.4) is 0 Å². The number of pyridine rings is 1. The van der Waals surface area contributed by atoms with Gasteiger partial charge in [-0.05, 0) is 36.8 Å². The number of hydrogen-bond donors (Lipinski definition) is 3. The van der Waals surface area contributed by atoms with Gasteiger partial charge in [0.1, 0.15) is 11.3 Å². The third-order valence-electron chi connectivity index (χ3n) is 3.64. The van der Waals surface area contributed by atoms with E-state index in [2.05, 4.69) is 20.0 Å². The summed E-state index contributed by atoms with van der Waals surface area (Å²) in [4.78, 5) is 31.0. The van der Waals surface area contributed by atoms with Crippen LogP contribution < -0.4 is 11.1 Å². The molecule has 0 aliphatic heterocycles. The van der Waals surface area contributed by atoms with Crippen LogP contribution in [0.15, 0.2) is 36.5 Å². The van der Waals surface area contributed by atoms with Crippen LogP contribution in [0.4, 0.5) is 11.4 Å². The first-order chi connectivity index (χ1) is 11.5. The Balaban J connectivity index is 1.88. The van der Waals surface area contributed by atoms with E-state index < -0.39 is 5.97 Å². The Morgan fingerprint density at radius 1 is 1.25 bits per heavy atom. The number of aromatic nitrogens is 2. The van der Waals surface area contributed by atoms with Crippen LogP contribution in [-0.2, 0) is 4.74 Å². The van der Waals surface area contributed by atoms with Crippen LogP contribution in [0, 0.1) is 6.92 Å². The molecule has 1 amide bonds. The van der Waals surface area contributed by atoms with Crippen molar-refractivity contribution in [1.82, 2.24) is 9.97 Å². The van der Waals surface area contributed by atoms with Crippen molar-refractivity contribution in [2.24, 2.45) is 0 Å². The molecule has 1 aromatic carbocycles. The molecule has 7 heteroatoms. The van der Waals surface area contributed by atoms with Crippen LogP contribution >= 0.6 is 0 Å². The Bertz CT molecular complexity index is 946. The van der Waals surface area contributed by atoms with Crippen molar-refractivity contribution in [3.05, 3.63) is 53.3 Å². The van der Waals surface area contributed by atoms with E-state index in [1.54, 1.807) is 30.3 Å². The minimum Gasteiger partial charge on any atom is -0.464 e. The van der Waals surface area contributed by atoms with E-state index in [9.17, 15) is 9.59 Å². The van der Waals surface area contributed by atoms with Crippen molar-refractivity contribution in [2.75, 3.05) is 18.2 Å². The average Bonchev–Trinajstić information content (AvgIpc) is 2.99. The molecule has 3 rings (SSSR count). The lowest BCUT2D eigenvalue weighted by Gasteiger charge is -2.08. The highest BCUT2D eigenvalue weighted by molar-refractivity contribution is 6.06. The summed E-state index contributed by atoms with van der Waals surface area (Å²) in [6.45, 7) is 1.84. The Labute approximate surface area is 137 Å². The van der Waals surface area contributed by atoms with Crippen molar-refractivity contribution in [3.63, 3.8) is 0 Å². The number of aromatic amines is 1. The SMILES string of the molecule is COC(=O)c1cc2cc(NC(=O)c3cc(N)ccc3C)cnc2[nH]1. The lowest BCUT2D eigenvalue weighted by Crippen LogP contribution is -2.13. The number of amides is 1. The molecular formula is C17H16N4O3. The van der Waals surface area contributed by atoms with E-state index in [4.69, 9.17) is 5.73 Å². The number of nitrogen functional groups attached to an aromatic ring is 1. The Hall–Kier alpha value is -3.35. The van der Waals surface area contributed by atoms with Gasteiger partial charge in [-0.3, -0.25) is 4.79 Å². The number of fused-ring (bicyclic) bond motifs is 1. The van der Waals surface area contributed by atoms with Gasteiger partial charge in [0.2, 0.25) is 0 Å².